The van der Waals surface area contributed by atoms with Gasteiger partial charge in [0.25, 0.3) is 0 Å². The maximum absolute atomic E-state index is 13.3. The molecule has 3 N–H and O–H groups in total. The van der Waals surface area contributed by atoms with Crippen molar-refractivity contribution in [3.8, 4) is 0 Å². The third-order valence-corrected chi connectivity index (χ3v) is 3.14. The van der Waals surface area contributed by atoms with Crippen molar-refractivity contribution in [3.63, 3.8) is 0 Å². The molecule has 1 aliphatic rings. The summed E-state index contributed by atoms with van der Waals surface area (Å²) in [6.07, 6.45) is 2.24. The molecule has 0 radical (unpaired) electrons. The van der Waals surface area contributed by atoms with Crippen LogP contribution in [0.5, 0.6) is 0 Å². The number of rotatable bonds is 4. The number of anilines is 2. The van der Waals surface area contributed by atoms with E-state index in [1.807, 2.05) is 0 Å². The van der Waals surface area contributed by atoms with Gasteiger partial charge in [-0.15, -0.1) is 0 Å². The fourth-order valence-corrected chi connectivity index (χ4v) is 2.11. The zero-order chi connectivity index (χ0) is 12.3. The summed E-state index contributed by atoms with van der Waals surface area (Å²) in [5.41, 5.74) is 5.42. The fourth-order valence-electron chi connectivity index (χ4n) is 2.11. The highest BCUT2D eigenvalue weighted by atomic mass is 19.1. The van der Waals surface area contributed by atoms with E-state index in [4.69, 9.17) is 5.73 Å². The molecule has 1 aromatic heterocycles. The fraction of sp³-hybridized carbons (Fsp3) is 0.636. The molecule has 0 saturated carbocycles. The zero-order valence-corrected chi connectivity index (χ0v) is 9.99. The van der Waals surface area contributed by atoms with Gasteiger partial charge in [0.1, 0.15) is 0 Å². The van der Waals surface area contributed by atoms with E-state index in [9.17, 15) is 4.39 Å². The smallest absolute Gasteiger partial charge is 0.222 e. The van der Waals surface area contributed by atoms with E-state index >= 15 is 0 Å². The number of hydrogen-bond acceptors (Lipinski definition) is 5. The zero-order valence-electron chi connectivity index (χ0n) is 9.99. The Hall–Kier alpha value is -1.43. The SMILES string of the molecule is CCN1CCC(CNc2nc(N)ncc2F)C1. The van der Waals surface area contributed by atoms with E-state index in [1.54, 1.807) is 0 Å². The van der Waals surface area contributed by atoms with Crippen LogP contribution in [-0.4, -0.2) is 41.0 Å². The largest absolute Gasteiger partial charge is 0.368 e. The number of likely N-dealkylation sites (tertiary alicyclic amines) is 1. The Morgan fingerprint density at radius 1 is 1.65 bits per heavy atom. The quantitative estimate of drug-likeness (QED) is 0.819. The van der Waals surface area contributed by atoms with Crippen molar-refractivity contribution in [2.75, 3.05) is 37.2 Å². The lowest BCUT2D eigenvalue weighted by Crippen LogP contribution is -2.23. The van der Waals surface area contributed by atoms with Crippen LogP contribution < -0.4 is 11.1 Å². The highest BCUT2D eigenvalue weighted by Crippen LogP contribution is 2.17. The van der Waals surface area contributed by atoms with Crippen molar-refractivity contribution in [1.82, 2.24) is 14.9 Å². The normalized spacial score (nSPS) is 20.7. The first-order valence-electron chi connectivity index (χ1n) is 5.93. The molecule has 1 atom stereocenters. The number of halogens is 1. The Bertz CT molecular complexity index is 384. The van der Waals surface area contributed by atoms with Gasteiger partial charge in [0.05, 0.1) is 6.20 Å². The maximum Gasteiger partial charge on any atom is 0.222 e. The second-order valence-corrected chi connectivity index (χ2v) is 4.35. The highest BCUT2D eigenvalue weighted by molar-refractivity contribution is 5.39. The molecule has 0 aromatic carbocycles. The molecule has 0 aliphatic carbocycles. The van der Waals surface area contributed by atoms with Gasteiger partial charge in [0, 0.05) is 13.1 Å². The third-order valence-electron chi connectivity index (χ3n) is 3.14. The summed E-state index contributed by atoms with van der Waals surface area (Å²) in [4.78, 5) is 9.81. The van der Waals surface area contributed by atoms with Gasteiger partial charge in [-0.1, -0.05) is 6.92 Å². The van der Waals surface area contributed by atoms with Crippen molar-refractivity contribution in [1.29, 1.82) is 0 Å². The molecular weight excluding hydrogens is 221 g/mol. The number of hydrogen-bond donors (Lipinski definition) is 2. The first-order valence-corrected chi connectivity index (χ1v) is 5.93. The Balaban J connectivity index is 1.88. The predicted molar refractivity (Wildman–Crippen MR) is 65.1 cm³/mol. The monoisotopic (exact) mass is 239 g/mol. The van der Waals surface area contributed by atoms with Crippen LogP contribution in [0.25, 0.3) is 0 Å². The first kappa shape index (κ1) is 12.0. The minimum Gasteiger partial charge on any atom is -0.368 e. The standard InChI is InChI=1S/C11H18FN5/c1-2-17-4-3-8(7-17)5-14-10-9(12)6-15-11(13)16-10/h6,8H,2-5,7H2,1H3,(H3,13,14,15,16). The number of nitrogen functional groups attached to an aromatic ring is 1. The maximum atomic E-state index is 13.3. The average molecular weight is 239 g/mol. The second-order valence-electron chi connectivity index (χ2n) is 4.35. The second kappa shape index (κ2) is 5.27. The van der Waals surface area contributed by atoms with Crippen LogP contribution >= 0.6 is 0 Å². The van der Waals surface area contributed by atoms with Crippen LogP contribution in [0.1, 0.15) is 13.3 Å². The topological polar surface area (TPSA) is 67.1 Å². The van der Waals surface area contributed by atoms with Gasteiger partial charge in [-0.25, -0.2) is 9.37 Å². The Labute approximate surface area is 100 Å². The minimum absolute atomic E-state index is 0.0931. The minimum atomic E-state index is -0.454. The van der Waals surface area contributed by atoms with Gasteiger partial charge in [-0.05, 0) is 25.4 Å². The summed E-state index contributed by atoms with van der Waals surface area (Å²) in [6.45, 7) is 6.14. The van der Waals surface area contributed by atoms with Crippen LogP contribution in [0.3, 0.4) is 0 Å². The molecule has 1 fully saturated rings. The summed E-state index contributed by atoms with van der Waals surface area (Å²) in [5.74, 6) is 0.387. The Kier molecular flexibility index (Phi) is 3.73. The van der Waals surface area contributed by atoms with Gasteiger partial charge in [0.2, 0.25) is 5.95 Å². The molecule has 0 spiro atoms. The van der Waals surface area contributed by atoms with Crippen LogP contribution in [0.2, 0.25) is 0 Å². The lowest BCUT2D eigenvalue weighted by molar-refractivity contribution is 0.345. The van der Waals surface area contributed by atoms with E-state index in [2.05, 4.69) is 27.1 Å². The van der Waals surface area contributed by atoms with Crippen molar-refractivity contribution >= 4 is 11.8 Å². The lowest BCUT2D eigenvalue weighted by atomic mass is 10.1. The molecule has 94 valence electrons. The van der Waals surface area contributed by atoms with Crippen LogP contribution in [-0.2, 0) is 0 Å². The number of aromatic nitrogens is 2. The Morgan fingerprint density at radius 2 is 2.47 bits per heavy atom. The molecule has 0 bridgehead atoms. The molecule has 1 aromatic rings. The summed E-state index contributed by atoms with van der Waals surface area (Å²) in [7, 11) is 0. The van der Waals surface area contributed by atoms with E-state index in [1.165, 1.54) is 0 Å². The van der Waals surface area contributed by atoms with E-state index in [0.29, 0.717) is 5.92 Å². The van der Waals surface area contributed by atoms with Crippen LogP contribution in [0, 0.1) is 11.7 Å². The van der Waals surface area contributed by atoms with E-state index < -0.39 is 5.82 Å². The Morgan fingerprint density at radius 3 is 3.18 bits per heavy atom. The predicted octanol–water partition coefficient (Wildman–Crippen LogP) is 0.952. The number of nitrogens with zero attached hydrogens (tertiary/aromatic N) is 3. The molecule has 2 rings (SSSR count). The molecule has 1 unspecified atom stereocenters. The third kappa shape index (κ3) is 3.03. The summed E-state index contributed by atoms with van der Waals surface area (Å²) in [5, 5.41) is 3.01. The lowest BCUT2D eigenvalue weighted by Gasteiger charge is -2.14. The molecule has 1 aliphatic heterocycles. The van der Waals surface area contributed by atoms with E-state index in [-0.39, 0.29) is 11.8 Å². The summed E-state index contributed by atoms with van der Waals surface area (Å²) in [6, 6.07) is 0. The molecule has 5 nitrogen and oxygen atoms in total. The molecular formula is C11H18FN5. The molecule has 1 saturated heterocycles. The van der Waals surface area contributed by atoms with Gasteiger partial charge in [-0.3, -0.25) is 0 Å². The average Bonchev–Trinajstić information content (AvgIpc) is 2.78. The highest BCUT2D eigenvalue weighted by Gasteiger charge is 2.21. The number of nitrogens with two attached hydrogens (primary N) is 1. The van der Waals surface area contributed by atoms with Gasteiger partial charge < -0.3 is 16.0 Å². The van der Waals surface area contributed by atoms with Gasteiger partial charge in [0.15, 0.2) is 11.6 Å². The van der Waals surface area contributed by atoms with E-state index in [0.717, 1.165) is 38.8 Å². The molecule has 17 heavy (non-hydrogen) atoms. The van der Waals surface area contributed by atoms with Gasteiger partial charge >= 0.3 is 0 Å². The molecule has 6 heteroatoms. The molecule has 0 amide bonds. The van der Waals surface area contributed by atoms with Crippen molar-refractivity contribution in [2.45, 2.75) is 13.3 Å². The van der Waals surface area contributed by atoms with Crippen molar-refractivity contribution < 1.29 is 4.39 Å². The van der Waals surface area contributed by atoms with Crippen molar-refractivity contribution in [2.24, 2.45) is 5.92 Å². The van der Waals surface area contributed by atoms with Crippen LogP contribution in [0.4, 0.5) is 16.2 Å². The van der Waals surface area contributed by atoms with Crippen molar-refractivity contribution in [3.05, 3.63) is 12.0 Å². The van der Waals surface area contributed by atoms with Crippen LogP contribution in [0.15, 0.2) is 6.20 Å². The number of nitrogens with one attached hydrogen (secondary N) is 1. The molecule has 2 heterocycles. The first-order chi connectivity index (χ1) is 8.19. The summed E-state index contributed by atoms with van der Waals surface area (Å²) < 4.78 is 13.3. The summed E-state index contributed by atoms with van der Waals surface area (Å²) >= 11 is 0. The van der Waals surface area contributed by atoms with Gasteiger partial charge in [-0.2, -0.15) is 4.98 Å².